The summed E-state index contributed by atoms with van der Waals surface area (Å²) in [6.07, 6.45) is 0. The van der Waals surface area contributed by atoms with Gasteiger partial charge in [0.05, 0.1) is 21.3 Å². The molecule has 0 bridgehead atoms. The van der Waals surface area contributed by atoms with E-state index >= 15 is 0 Å². The van der Waals surface area contributed by atoms with Crippen molar-refractivity contribution in [2.24, 2.45) is 0 Å². The summed E-state index contributed by atoms with van der Waals surface area (Å²) in [5.41, 5.74) is 1.06. The molecule has 1 aliphatic rings. The standard InChI is InChI=1S/C16H18O5S2/c1-9-12(10-5-7-11(19-2)8-6-10)23-14(16(18)21-4)13(22-9)15(17)20-3/h5-9,12H,1-4H3/t9-,12+/m0/s1. The molecule has 0 aliphatic carbocycles. The van der Waals surface area contributed by atoms with Crippen LogP contribution >= 0.6 is 23.5 Å². The number of hydrogen-bond acceptors (Lipinski definition) is 7. The van der Waals surface area contributed by atoms with Crippen LogP contribution in [0.4, 0.5) is 0 Å². The molecular formula is C16H18O5S2. The summed E-state index contributed by atoms with van der Waals surface area (Å²) in [4.78, 5) is 24.6. The van der Waals surface area contributed by atoms with Gasteiger partial charge in [0, 0.05) is 10.5 Å². The zero-order valence-electron chi connectivity index (χ0n) is 13.3. The van der Waals surface area contributed by atoms with E-state index in [1.807, 2.05) is 31.2 Å². The van der Waals surface area contributed by atoms with Crippen LogP contribution in [0.25, 0.3) is 0 Å². The molecule has 1 aromatic carbocycles. The molecule has 0 saturated carbocycles. The van der Waals surface area contributed by atoms with E-state index in [-0.39, 0.29) is 10.5 Å². The number of carbonyl (C=O) groups excluding carboxylic acids is 2. The van der Waals surface area contributed by atoms with Crippen LogP contribution in [-0.2, 0) is 19.1 Å². The maximum Gasteiger partial charge on any atom is 0.345 e. The lowest BCUT2D eigenvalue weighted by Crippen LogP contribution is -2.21. The molecule has 5 nitrogen and oxygen atoms in total. The smallest absolute Gasteiger partial charge is 0.345 e. The minimum absolute atomic E-state index is 0.0217. The monoisotopic (exact) mass is 354 g/mol. The van der Waals surface area contributed by atoms with Crippen LogP contribution in [0.3, 0.4) is 0 Å². The minimum atomic E-state index is -0.520. The molecule has 1 aliphatic heterocycles. The quantitative estimate of drug-likeness (QED) is 0.770. The highest BCUT2D eigenvalue weighted by Crippen LogP contribution is 2.51. The number of ether oxygens (including phenoxy) is 3. The minimum Gasteiger partial charge on any atom is -0.497 e. The average Bonchev–Trinajstić information content (AvgIpc) is 2.60. The fourth-order valence-electron chi connectivity index (χ4n) is 2.18. The molecule has 1 aromatic rings. The molecule has 0 saturated heterocycles. The Morgan fingerprint density at radius 3 is 1.91 bits per heavy atom. The Hall–Kier alpha value is -1.60. The van der Waals surface area contributed by atoms with Gasteiger partial charge in [-0.2, -0.15) is 0 Å². The van der Waals surface area contributed by atoms with Crippen LogP contribution in [0.2, 0.25) is 0 Å². The highest BCUT2D eigenvalue weighted by atomic mass is 32.2. The zero-order chi connectivity index (χ0) is 17.0. The Balaban J connectivity index is 2.36. The highest BCUT2D eigenvalue weighted by Gasteiger charge is 2.36. The van der Waals surface area contributed by atoms with Gasteiger partial charge in [-0.1, -0.05) is 19.1 Å². The molecule has 1 heterocycles. The fraction of sp³-hybridized carbons (Fsp3) is 0.375. The fourth-order valence-corrected chi connectivity index (χ4v) is 4.93. The average molecular weight is 354 g/mol. The molecule has 124 valence electrons. The first-order chi connectivity index (χ1) is 11.0. The number of esters is 2. The van der Waals surface area contributed by atoms with Crippen molar-refractivity contribution in [1.82, 2.24) is 0 Å². The van der Waals surface area contributed by atoms with Crippen molar-refractivity contribution in [1.29, 1.82) is 0 Å². The number of carbonyl (C=O) groups is 2. The number of hydrogen-bond donors (Lipinski definition) is 0. The molecule has 7 heteroatoms. The SMILES string of the molecule is COC(=O)C1=C(C(=O)OC)S[C@@H](c2ccc(OC)cc2)[C@H](C)S1. The van der Waals surface area contributed by atoms with E-state index in [0.717, 1.165) is 11.3 Å². The second-order valence-corrected chi connectivity index (χ2v) is 7.32. The Kier molecular flexibility index (Phi) is 6.01. The number of benzene rings is 1. The van der Waals surface area contributed by atoms with Crippen molar-refractivity contribution >= 4 is 35.5 Å². The van der Waals surface area contributed by atoms with E-state index in [0.29, 0.717) is 9.81 Å². The van der Waals surface area contributed by atoms with E-state index < -0.39 is 11.9 Å². The van der Waals surface area contributed by atoms with Gasteiger partial charge in [0.15, 0.2) is 0 Å². The van der Waals surface area contributed by atoms with Gasteiger partial charge in [-0.05, 0) is 17.7 Å². The summed E-state index contributed by atoms with van der Waals surface area (Å²) in [6, 6.07) is 7.69. The molecule has 0 radical (unpaired) electrons. The van der Waals surface area contributed by atoms with Crippen LogP contribution in [0, 0.1) is 0 Å². The Bertz CT molecular complexity index is 624. The van der Waals surface area contributed by atoms with Crippen molar-refractivity contribution in [3.8, 4) is 5.75 Å². The Morgan fingerprint density at radius 2 is 1.43 bits per heavy atom. The number of rotatable bonds is 4. The first-order valence-electron chi connectivity index (χ1n) is 6.90. The summed E-state index contributed by atoms with van der Waals surface area (Å²) in [6.45, 7) is 2.02. The molecule has 0 aromatic heterocycles. The van der Waals surface area contributed by atoms with Crippen molar-refractivity contribution in [2.75, 3.05) is 21.3 Å². The van der Waals surface area contributed by atoms with Gasteiger partial charge in [-0.25, -0.2) is 9.59 Å². The topological polar surface area (TPSA) is 61.8 Å². The zero-order valence-corrected chi connectivity index (χ0v) is 15.0. The van der Waals surface area contributed by atoms with Crippen molar-refractivity contribution in [3.63, 3.8) is 0 Å². The van der Waals surface area contributed by atoms with Gasteiger partial charge < -0.3 is 14.2 Å². The lowest BCUT2D eigenvalue weighted by atomic mass is 10.1. The largest absolute Gasteiger partial charge is 0.497 e. The second-order valence-electron chi connectivity index (χ2n) is 4.78. The third-order valence-corrected chi connectivity index (χ3v) is 6.46. The van der Waals surface area contributed by atoms with E-state index in [1.165, 1.54) is 37.7 Å². The molecule has 0 amide bonds. The number of methoxy groups -OCH3 is 3. The van der Waals surface area contributed by atoms with Gasteiger partial charge in [-0.3, -0.25) is 0 Å². The van der Waals surface area contributed by atoms with E-state index in [9.17, 15) is 9.59 Å². The van der Waals surface area contributed by atoms with Crippen molar-refractivity contribution in [2.45, 2.75) is 17.4 Å². The van der Waals surface area contributed by atoms with Crippen LogP contribution in [0.1, 0.15) is 17.7 Å². The third kappa shape index (κ3) is 3.84. The predicted octanol–water partition coefficient (Wildman–Crippen LogP) is 3.16. The molecule has 0 spiro atoms. The summed E-state index contributed by atoms with van der Waals surface area (Å²) >= 11 is 2.67. The van der Waals surface area contributed by atoms with Gasteiger partial charge in [0.1, 0.15) is 15.6 Å². The first-order valence-corrected chi connectivity index (χ1v) is 8.66. The first kappa shape index (κ1) is 17.7. The Labute approximate surface area is 143 Å². The van der Waals surface area contributed by atoms with Gasteiger partial charge in [-0.15, -0.1) is 23.5 Å². The summed E-state index contributed by atoms with van der Waals surface area (Å²) in [5.74, 6) is -0.259. The maximum absolute atomic E-state index is 12.0. The third-order valence-electron chi connectivity index (χ3n) is 3.37. The van der Waals surface area contributed by atoms with Crippen LogP contribution in [-0.4, -0.2) is 38.5 Å². The van der Waals surface area contributed by atoms with Gasteiger partial charge in [0.25, 0.3) is 0 Å². The lowest BCUT2D eigenvalue weighted by molar-refractivity contribution is -0.138. The Morgan fingerprint density at radius 1 is 0.913 bits per heavy atom. The van der Waals surface area contributed by atoms with Gasteiger partial charge >= 0.3 is 11.9 Å². The molecule has 0 fully saturated rings. The van der Waals surface area contributed by atoms with E-state index in [4.69, 9.17) is 14.2 Å². The van der Waals surface area contributed by atoms with E-state index in [2.05, 4.69) is 0 Å². The van der Waals surface area contributed by atoms with Crippen LogP contribution in [0.15, 0.2) is 34.1 Å². The van der Waals surface area contributed by atoms with Crippen LogP contribution < -0.4 is 4.74 Å². The van der Waals surface area contributed by atoms with Crippen LogP contribution in [0.5, 0.6) is 5.75 Å². The second kappa shape index (κ2) is 7.79. The summed E-state index contributed by atoms with van der Waals surface area (Å²) < 4.78 is 14.8. The molecule has 0 unspecified atom stereocenters. The van der Waals surface area contributed by atoms with Crippen molar-refractivity contribution < 1.29 is 23.8 Å². The highest BCUT2D eigenvalue weighted by molar-refractivity contribution is 8.11. The molecule has 0 N–H and O–H groups in total. The molecule has 23 heavy (non-hydrogen) atoms. The summed E-state index contributed by atoms with van der Waals surface area (Å²) in [5, 5.41) is 0.115. The van der Waals surface area contributed by atoms with Gasteiger partial charge in [0.2, 0.25) is 0 Å². The lowest BCUT2D eigenvalue weighted by Gasteiger charge is -2.30. The molecule has 2 atom stereocenters. The normalized spacial score (nSPS) is 20.9. The molecular weight excluding hydrogens is 336 g/mol. The predicted molar refractivity (Wildman–Crippen MR) is 91.4 cm³/mol. The van der Waals surface area contributed by atoms with Crippen molar-refractivity contribution in [3.05, 3.63) is 39.6 Å². The summed E-state index contributed by atoms with van der Waals surface area (Å²) in [7, 11) is 4.22. The van der Waals surface area contributed by atoms with E-state index in [1.54, 1.807) is 7.11 Å². The molecule has 2 rings (SSSR count). The maximum atomic E-state index is 12.0. The number of thioether (sulfide) groups is 2.